The molecule has 0 amide bonds. The van der Waals surface area contributed by atoms with Crippen LogP contribution in [-0.4, -0.2) is 38.9 Å². The Morgan fingerprint density at radius 2 is 1.63 bits per heavy atom. The first-order valence-corrected chi connectivity index (χ1v) is 10.4. The predicted molar refractivity (Wildman–Crippen MR) is 102 cm³/mol. The second-order valence-corrected chi connectivity index (χ2v) is 8.32. The Balaban J connectivity index is 1.91. The lowest BCUT2D eigenvalue weighted by atomic mass is 10.2. The van der Waals surface area contributed by atoms with Gasteiger partial charge in [0.2, 0.25) is 10.0 Å². The van der Waals surface area contributed by atoms with E-state index < -0.39 is 16.0 Å². The molecule has 0 bridgehead atoms. The number of para-hydroxylation sites is 1. The molecule has 0 unspecified atom stereocenters. The summed E-state index contributed by atoms with van der Waals surface area (Å²) in [6, 6.07) is 12.9. The van der Waals surface area contributed by atoms with Gasteiger partial charge in [0.15, 0.2) is 0 Å². The minimum absolute atomic E-state index is 0.0743. The van der Waals surface area contributed by atoms with E-state index in [0.717, 1.165) is 25.7 Å². The number of hydrogen-bond acceptors (Lipinski definition) is 5. The van der Waals surface area contributed by atoms with E-state index in [9.17, 15) is 13.2 Å². The molecule has 0 spiro atoms. The van der Waals surface area contributed by atoms with E-state index >= 15 is 0 Å². The van der Waals surface area contributed by atoms with Gasteiger partial charge in [0.05, 0.1) is 12.0 Å². The van der Waals surface area contributed by atoms with Crippen LogP contribution >= 0.6 is 0 Å². The fourth-order valence-corrected chi connectivity index (χ4v) is 4.63. The molecule has 1 fully saturated rings. The SMILES string of the molecule is COc1ccc(S(=O)(=O)N2CCCCCC2)cc1C(=O)Oc1ccccc1. The van der Waals surface area contributed by atoms with Crippen LogP contribution in [0.4, 0.5) is 0 Å². The molecule has 144 valence electrons. The van der Waals surface area contributed by atoms with Gasteiger partial charge in [0.25, 0.3) is 0 Å². The first-order chi connectivity index (χ1) is 13.0. The average molecular weight is 389 g/mol. The molecule has 0 N–H and O–H groups in total. The first kappa shape index (κ1) is 19.4. The van der Waals surface area contributed by atoms with Crippen LogP contribution in [-0.2, 0) is 10.0 Å². The van der Waals surface area contributed by atoms with E-state index in [0.29, 0.717) is 18.8 Å². The number of hydrogen-bond donors (Lipinski definition) is 0. The van der Waals surface area contributed by atoms with Crippen molar-refractivity contribution in [3.05, 3.63) is 54.1 Å². The van der Waals surface area contributed by atoms with Crippen molar-refractivity contribution in [3.63, 3.8) is 0 Å². The van der Waals surface area contributed by atoms with E-state index in [1.165, 1.54) is 29.6 Å². The summed E-state index contributed by atoms with van der Waals surface area (Å²) in [5.41, 5.74) is 0.0808. The van der Waals surface area contributed by atoms with Crippen LogP contribution in [0, 0.1) is 0 Å². The van der Waals surface area contributed by atoms with Gasteiger partial charge in [-0.3, -0.25) is 0 Å². The molecule has 6 nitrogen and oxygen atoms in total. The van der Waals surface area contributed by atoms with Gasteiger partial charge in [0.1, 0.15) is 17.1 Å². The number of benzene rings is 2. The van der Waals surface area contributed by atoms with E-state index in [1.807, 2.05) is 6.07 Å². The zero-order chi connectivity index (χ0) is 19.3. The lowest BCUT2D eigenvalue weighted by Crippen LogP contribution is -2.32. The van der Waals surface area contributed by atoms with Crippen molar-refractivity contribution in [2.45, 2.75) is 30.6 Å². The maximum atomic E-state index is 13.0. The molecule has 2 aromatic carbocycles. The summed E-state index contributed by atoms with van der Waals surface area (Å²) in [4.78, 5) is 12.7. The van der Waals surface area contributed by atoms with Crippen LogP contribution < -0.4 is 9.47 Å². The molecule has 2 aromatic rings. The second-order valence-electron chi connectivity index (χ2n) is 6.38. The van der Waals surface area contributed by atoms with Crippen molar-refractivity contribution in [2.75, 3.05) is 20.2 Å². The van der Waals surface area contributed by atoms with Gasteiger partial charge in [-0.15, -0.1) is 0 Å². The Labute approximate surface area is 159 Å². The average Bonchev–Trinajstić information content (AvgIpc) is 2.98. The van der Waals surface area contributed by atoms with Crippen molar-refractivity contribution < 1.29 is 22.7 Å². The van der Waals surface area contributed by atoms with Crippen LogP contribution in [0.25, 0.3) is 0 Å². The fourth-order valence-electron chi connectivity index (χ4n) is 3.09. The minimum atomic E-state index is -3.67. The van der Waals surface area contributed by atoms with Crippen molar-refractivity contribution >= 4 is 16.0 Å². The zero-order valence-electron chi connectivity index (χ0n) is 15.3. The van der Waals surface area contributed by atoms with Gasteiger partial charge < -0.3 is 9.47 Å². The molecule has 0 aliphatic carbocycles. The fraction of sp³-hybridized carbons (Fsp3) is 0.350. The summed E-state index contributed by atoms with van der Waals surface area (Å²) < 4.78 is 38.1. The van der Waals surface area contributed by atoms with Gasteiger partial charge in [0, 0.05) is 13.1 Å². The topological polar surface area (TPSA) is 72.9 Å². The third kappa shape index (κ3) is 4.48. The molecule has 1 aliphatic rings. The van der Waals surface area contributed by atoms with Crippen LogP contribution in [0.15, 0.2) is 53.4 Å². The number of sulfonamides is 1. The third-order valence-electron chi connectivity index (χ3n) is 4.55. The highest BCUT2D eigenvalue weighted by Gasteiger charge is 2.27. The molecule has 27 heavy (non-hydrogen) atoms. The zero-order valence-corrected chi connectivity index (χ0v) is 16.1. The maximum Gasteiger partial charge on any atom is 0.347 e. The molecule has 3 rings (SSSR count). The first-order valence-electron chi connectivity index (χ1n) is 8.98. The minimum Gasteiger partial charge on any atom is -0.496 e. The number of nitrogens with zero attached hydrogens (tertiary/aromatic N) is 1. The number of carbonyl (C=O) groups excluding carboxylic acids is 1. The summed E-state index contributed by atoms with van der Waals surface area (Å²) in [5, 5.41) is 0. The van der Waals surface area contributed by atoms with E-state index in [1.54, 1.807) is 24.3 Å². The number of methoxy groups -OCH3 is 1. The Hall–Kier alpha value is -2.38. The molecule has 0 radical (unpaired) electrons. The number of esters is 1. The lowest BCUT2D eigenvalue weighted by molar-refractivity contribution is 0.0731. The maximum absolute atomic E-state index is 13.0. The highest BCUT2D eigenvalue weighted by atomic mass is 32.2. The molecule has 0 saturated carbocycles. The highest BCUT2D eigenvalue weighted by molar-refractivity contribution is 7.89. The van der Waals surface area contributed by atoms with Gasteiger partial charge >= 0.3 is 5.97 Å². The summed E-state index contributed by atoms with van der Waals surface area (Å²) >= 11 is 0. The third-order valence-corrected chi connectivity index (χ3v) is 6.44. The van der Waals surface area contributed by atoms with E-state index in [4.69, 9.17) is 9.47 Å². The van der Waals surface area contributed by atoms with Crippen LogP contribution in [0.2, 0.25) is 0 Å². The quantitative estimate of drug-likeness (QED) is 0.578. The summed E-state index contributed by atoms with van der Waals surface area (Å²) in [6.07, 6.45) is 3.75. The van der Waals surface area contributed by atoms with Crippen LogP contribution in [0.1, 0.15) is 36.0 Å². The second kappa shape index (κ2) is 8.54. The lowest BCUT2D eigenvalue weighted by Gasteiger charge is -2.20. The van der Waals surface area contributed by atoms with Crippen LogP contribution in [0.5, 0.6) is 11.5 Å². The van der Waals surface area contributed by atoms with E-state index in [2.05, 4.69) is 0 Å². The van der Waals surface area contributed by atoms with Crippen molar-refractivity contribution in [2.24, 2.45) is 0 Å². The molecular weight excluding hydrogens is 366 g/mol. The number of ether oxygens (including phenoxy) is 2. The smallest absolute Gasteiger partial charge is 0.347 e. The van der Waals surface area contributed by atoms with Crippen molar-refractivity contribution in [3.8, 4) is 11.5 Å². The molecule has 7 heteroatoms. The van der Waals surface area contributed by atoms with Gasteiger partial charge in [-0.05, 0) is 43.2 Å². The predicted octanol–water partition coefficient (Wildman–Crippen LogP) is 3.48. The van der Waals surface area contributed by atoms with Crippen molar-refractivity contribution in [1.29, 1.82) is 0 Å². The molecular formula is C20H23NO5S. The molecule has 1 heterocycles. The normalized spacial score (nSPS) is 15.7. The van der Waals surface area contributed by atoms with Crippen LogP contribution in [0.3, 0.4) is 0 Å². The Bertz CT molecular complexity index is 888. The number of carbonyl (C=O) groups is 1. The highest BCUT2D eigenvalue weighted by Crippen LogP contribution is 2.27. The molecule has 0 aromatic heterocycles. The Morgan fingerprint density at radius 1 is 0.963 bits per heavy atom. The monoisotopic (exact) mass is 389 g/mol. The number of rotatable bonds is 5. The van der Waals surface area contributed by atoms with Gasteiger partial charge in [-0.25, -0.2) is 13.2 Å². The summed E-state index contributed by atoms with van der Waals surface area (Å²) in [5.74, 6) is -0.0120. The van der Waals surface area contributed by atoms with Crippen molar-refractivity contribution in [1.82, 2.24) is 4.31 Å². The van der Waals surface area contributed by atoms with Gasteiger partial charge in [-0.1, -0.05) is 31.0 Å². The molecule has 0 atom stereocenters. The standard InChI is InChI=1S/C20H23NO5S/c1-25-19-12-11-17(27(23,24)21-13-7-2-3-8-14-21)15-18(19)20(22)26-16-9-5-4-6-10-16/h4-6,9-12,15H,2-3,7-8,13-14H2,1H3. The summed E-state index contributed by atoms with van der Waals surface area (Å²) in [6.45, 7) is 0.996. The van der Waals surface area contributed by atoms with E-state index in [-0.39, 0.29) is 16.2 Å². The molecule has 1 saturated heterocycles. The van der Waals surface area contributed by atoms with Gasteiger partial charge in [-0.2, -0.15) is 4.31 Å². The molecule has 1 aliphatic heterocycles. The Kier molecular flexibility index (Phi) is 6.13. The largest absolute Gasteiger partial charge is 0.496 e. The summed E-state index contributed by atoms with van der Waals surface area (Å²) in [7, 11) is -2.24. The Morgan fingerprint density at radius 3 is 2.26 bits per heavy atom.